The highest BCUT2D eigenvalue weighted by Crippen LogP contribution is 2.23. The first-order chi connectivity index (χ1) is 11.8. The van der Waals surface area contributed by atoms with Gasteiger partial charge in [0, 0.05) is 18.8 Å². The highest BCUT2D eigenvalue weighted by atomic mass is 32.2. The molecule has 0 fully saturated rings. The monoisotopic (exact) mass is 359 g/mol. The van der Waals surface area contributed by atoms with Crippen LogP contribution >= 0.6 is 0 Å². The number of hydrogen-bond acceptors (Lipinski definition) is 5. The molecule has 0 spiro atoms. The van der Waals surface area contributed by atoms with Crippen LogP contribution in [0.2, 0.25) is 0 Å². The fourth-order valence-electron chi connectivity index (χ4n) is 2.24. The molecule has 7 heteroatoms. The molecule has 0 aliphatic heterocycles. The molecule has 0 saturated heterocycles. The summed E-state index contributed by atoms with van der Waals surface area (Å²) in [5.74, 6) is 0. The first-order valence-electron chi connectivity index (χ1n) is 7.78. The second-order valence-corrected chi connectivity index (χ2v) is 7.08. The second kappa shape index (κ2) is 8.04. The van der Waals surface area contributed by atoms with Gasteiger partial charge in [0.1, 0.15) is 0 Å². The van der Waals surface area contributed by atoms with Gasteiger partial charge in [-0.25, -0.2) is 0 Å². The maximum Gasteiger partial charge on any atom is 0.294 e. The van der Waals surface area contributed by atoms with Gasteiger partial charge in [-0.05, 0) is 62.4 Å². The van der Waals surface area contributed by atoms with Crippen molar-refractivity contribution in [1.29, 1.82) is 0 Å². The molecule has 0 saturated carbocycles. The fraction of sp³-hybridized carbons (Fsp3) is 0.222. The van der Waals surface area contributed by atoms with Crippen LogP contribution in [0.25, 0.3) is 0 Å². The predicted octanol–water partition coefficient (Wildman–Crippen LogP) is 4.75. The molecule has 25 heavy (non-hydrogen) atoms. The van der Waals surface area contributed by atoms with Crippen LogP contribution in [0.15, 0.2) is 75.8 Å². The molecule has 0 heterocycles. The Morgan fingerprint density at radius 2 is 1.52 bits per heavy atom. The second-order valence-electron chi connectivity index (χ2n) is 5.66. The minimum Gasteiger partial charge on any atom is -0.368 e. The number of azo groups is 1. The number of rotatable bonds is 7. The van der Waals surface area contributed by atoms with Gasteiger partial charge >= 0.3 is 0 Å². The average molecular weight is 359 g/mol. The van der Waals surface area contributed by atoms with E-state index < -0.39 is 10.1 Å². The van der Waals surface area contributed by atoms with Gasteiger partial charge < -0.3 is 4.90 Å². The van der Waals surface area contributed by atoms with Gasteiger partial charge in [-0.2, -0.15) is 18.6 Å². The summed E-state index contributed by atoms with van der Waals surface area (Å²) in [6, 6.07) is 13.2. The largest absolute Gasteiger partial charge is 0.368 e. The molecule has 0 aliphatic rings. The average Bonchev–Trinajstić information content (AvgIpc) is 2.58. The summed E-state index contributed by atoms with van der Waals surface area (Å²) in [6.07, 6.45) is 0. The van der Waals surface area contributed by atoms with Crippen LogP contribution in [0.4, 0.5) is 17.1 Å². The summed E-state index contributed by atoms with van der Waals surface area (Å²) >= 11 is 0. The van der Waals surface area contributed by atoms with E-state index in [0.717, 1.165) is 24.4 Å². The molecule has 0 bridgehead atoms. The van der Waals surface area contributed by atoms with Gasteiger partial charge in [0.25, 0.3) is 10.1 Å². The van der Waals surface area contributed by atoms with Crippen molar-refractivity contribution >= 4 is 27.2 Å². The molecular formula is C18H21N3O3S. The molecule has 2 aromatic carbocycles. The van der Waals surface area contributed by atoms with E-state index in [4.69, 9.17) is 4.55 Å². The van der Waals surface area contributed by atoms with E-state index in [1.165, 1.54) is 24.3 Å². The first kappa shape index (κ1) is 18.8. The van der Waals surface area contributed by atoms with Crippen molar-refractivity contribution < 1.29 is 13.0 Å². The minimum atomic E-state index is -4.19. The molecule has 0 radical (unpaired) electrons. The summed E-state index contributed by atoms with van der Waals surface area (Å²) in [7, 11) is -4.19. The Kier molecular flexibility index (Phi) is 6.06. The fourth-order valence-corrected chi connectivity index (χ4v) is 2.72. The van der Waals surface area contributed by atoms with E-state index in [9.17, 15) is 8.42 Å². The zero-order valence-corrected chi connectivity index (χ0v) is 15.1. The molecule has 1 N–H and O–H groups in total. The van der Waals surface area contributed by atoms with Crippen molar-refractivity contribution in [2.75, 3.05) is 18.0 Å². The lowest BCUT2D eigenvalue weighted by molar-refractivity contribution is 0.483. The maximum atomic E-state index is 11.0. The van der Waals surface area contributed by atoms with Gasteiger partial charge in [0.2, 0.25) is 0 Å². The number of benzene rings is 2. The number of hydrogen-bond donors (Lipinski definition) is 1. The molecule has 6 nitrogen and oxygen atoms in total. The van der Waals surface area contributed by atoms with Crippen LogP contribution < -0.4 is 4.90 Å². The molecule has 0 aromatic heterocycles. The zero-order chi connectivity index (χ0) is 18.4. The molecule has 2 rings (SSSR count). The van der Waals surface area contributed by atoms with Crippen LogP contribution in [-0.4, -0.2) is 26.1 Å². The molecule has 0 unspecified atom stereocenters. The first-order valence-corrected chi connectivity index (χ1v) is 9.22. The topological polar surface area (TPSA) is 82.3 Å². The Labute approximate surface area is 148 Å². The lowest BCUT2D eigenvalue weighted by Gasteiger charge is -2.23. The van der Waals surface area contributed by atoms with Crippen LogP contribution in [0.1, 0.15) is 13.8 Å². The van der Waals surface area contributed by atoms with Crippen molar-refractivity contribution in [3.63, 3.8) is 0 Å². The molecule has 0 amide bonds. The highest BCUT2D eigenvalue weighted by Gasteiger charge is 2.08. The summed E-state index contributed by atoms with van der Waals surface area (Å²) in [6.45, 7) is 9.72. The van der Waals surface area contributed by atoms with E-state index in [-0.39, 0.29) is 4.90 Å². The van der Waals surface area contributed by atoms with Crippen LogP contribution in [0.5, 0.6) is 0 Å². The molecular weight excluding hydrogens is 338 g/mol. The molecule has 2 aromatic rings. The lowest BCUT2D eigenvalue weighted by atomic mass is 10.2. The molecule has 0 aliphatic carbocycles. The Morgan fingerprint density at radius 3 is 1.92 bits per heavy atom. The summed E-state index contributed by atoms with van der Waals surface area (Å²) < 4.78 is 30.9. The summed E-state index contributed by atoms with van der Waals surface area (Å²) in [5, 5.41) is 8.20. The van der Waals surface area contributed by atoms with Crippen molar-refractivity contribution in [3.05, 3.63) is 60.7 Å². The number of anilines is 1. The highest BCUT2D eigenvalue weighted by molar-refractivity contribution is 7.85. The Balaban J connectivity index is 2.10. The number of likely N-dealkylation sites (N-methyl/N-ethyl adjacent to an activating group) is 1. The van der Waals surface area contributed by atoms with E-state index in [1.54, 1.807) is 0 Å². The molecule has 132 valence electrons. The van der Waals surface area contributed by atoms with Crippen molar-refractivity contribution in [2.45, 2.75) is 18.7 Å². The third-order valence-electron chi connectivity index (χ3n) is 3.47. The van der Waals surface area contributed by atoms with Gasteiger partial charge in [0.05, 0.1) is 16.3 Å². The normalized spacial score (nSPS) is 11.6. The van der Waals surface area contributed by atoms with Gasteiger partial charge in [-0.3, -0.25) is 4.55 Å². The van der Waals surface area contributed by atoms with Gasteiger partial charge in [0.15, 0.2) is 0 Å². The zero-order valence-electron chi connectivity index (χ0n) is 14.3. The summed E-state index contributed by atoms with van der Waals surface area (Å²) in [4.78, 5) is 2.03. The van der Waals surface area contributed by atoms with Crippen molar-refractivity contribution in [1.82, 2.24) is 0 Å². The van der Waals surface area contributed by atoms with E-state index in [0.29, 0.717) is 11.4 Å². The third kappa shape index (κ3) is 5.51. The molecule has 0 atom stereocenters. The minimum absolute atomic E-state index is 0.173. The van der Waals surface area contributed by atoms with E-state index >= 15 is 0 Å². The van der Waals surface area contributed by atoms with Crippen molar-refractivity contribution in [3.8, 4) is 0 Å². The summed E-state index contributed by atoms with van der Waals surface area (Å²) in [5.41, 5.74) is 3.36. The Bertz CT molecular complexity index is 857. The van der Waals surface area contributed by atoms with Crippen LogP contribution in [0, 0.1) is 0 Å². The van der Waals surface area contributed by atoms with Crippen molar-refractivity contribution in [2.24, 2.45) is 10.2 Å². The maximum absolute atomic E-state index is 11.0. The van der Waals surface area contributed by atoms with Gasteiger partial charge in [-0.1, -0.05) is 12.2 Å². The SMILES string of the molecule is C=C(C)CN(CC)c1ccc(N=Nc2ccc(S(=O)(=O)O)cc2)cc1. The van der Waals surface area contributed by atoms with E-state index in [1.807, 2.05) is 31.2 Å². The lowest BCUT2D eigenvalue weighted by Crippen LogP contribution is -2.24. The number of nitrogens with zero attached hydrogens (tertiary/aromatic N) is 3. The van der Waals surface area contributed by atoms with Crippen LogP contribution in [0.3, 0.4) is 0 Å². The smallest absolute Gasteiger partial charge is 0.294 e. The van der Waals surface area contributed by atoms with E-state index in [2.05, 4.69) is 28.6 Å². The van der Waals surface area contributed by atoms with Gasteiger partial charge in [-0.15, -0.1) is 0 Å². The Morgan fingerprint density at radius 1 is 1.04 bits per heavy atom. The standard InChI is InChI=1S/C18H21N3O3S/c1-4-21(13-14(2)3)17-9-5-15(6-10-17)19-20-16-7-11-18(12-8-16)25(22,23)24/h5-12H,2,4,13H2,1,3H3,(H,22,23,24). The quantitative estimate of drug-likeness (QED) is 0.439. The van der Waals surface area contributed by atoms with Crippen LogP contribution in [-0.2, 0) is 10.1 Å². The predicted molar refractivity (Wildman–Crippen MR) is 99.6 cm³/mol. The third-order valence-corrected chi connectivity index (χ3v) is 4.34. The Hall–Kier alpha value is -2.51.